The van der Waals surface area contributed by atoms with Crippen molar-refractivity contribution in [3.05, 3.63) is 66.7 Å². The number of carbonyl (C=O) groups is 2. The Balaban J connectivity index is 1.49. The highest BCUT2D eigenvalue weighted by Crippen LogP contribution is 2.34. The standard InChI is InChI=1S/C24H24N2O3S/c1-2-13-25-24(28)22-15-26(20-9-5-6-10-21(20)29-22)23(27)16-30-19-12-11-17-7-3-4-8-18(17)14-19/h3-12,14,22H,2,13,15-16H2,1H3,(H,25,28)/t22-/m0/s1. The summed E-state index contributed by atoms with van der Waals surface area (Å²) in [4.78, 5) is 28.3. The van der Waals surface area contributed by atoms with Gasteiger partial charge in [-0.05, 0) is 41.5 Å². The Morgan fingerprint density at radius 3 is 2.67 bits per heavy atom. The van der Waals surface area contributed by atoms with Crippen LogP contribution in [-0.2, 0) is 9.59 Å². The van der Waals surface area contributed by atoms with Gasteiger partial charge in [-0.1, -0.05) is 49.4 Å². The van der Waals surface area contributed by atoms with Crippen LogP contribution in [0, 0.1) is 0 Å². The molecule has 3 aromatic carbocycles. The molecule has 0 unspecified atom stereocenters. The van der Waals surface area contributed by atoms with E-state index in [1.54, 1.807) is 11.0 Å². The Morgan fingerprint density at radius 2 is 1.83 bits per heavy atom. The van der Waals surface area contributed by atoms with Gasteiger partial charge in [-0.25, -0.2) is 0 Å². The predicted octanol–water partition coefficient (Wildman–Crippen LogP) is 4.25. The van der Waals surface area contributed by atoms with Gasteiger partial charge in [0, 0.05) is 11.4 Å². The molecular formula is C24H24N2O3S. The number of carbonyl (C=O) groups excluding carboxylic acids is 2. The van der Waals surface area contributed by atoms with Crippen LogP contribution in [-0.4, -0.2) is 36.8 Å². The molecule has 2 amide bonds. The fourth-order valence-corrected chi connectivity index (χ4v) is 4.27. The molecule has 0 saturated heterocycles. The molecule has 1 heterocycles. The van der Waals surface area contributed by atoms with Gasteiger partial charge in [0.05, 0.1) is 18.0 Å². The van der Waals surface area contributed by atoms with Gasteiger partial charge in [0.2, 0.25) is 5.91 Å². The maximum atomic E-state index is 13.1. The van der Waals surface area contributed by atoms with Gasteiger partial charge in [-0.2, -0.15) is 0 Å². The zero-order valence-electron chi connectivity index (χ0n) is 16.8. The Bertz CT molecular complexity index is 1070. The van der Waals surface area contributed by atoms with Crippen molar-refractivity contribution in [3.63, 3.8) is 0 Å². The van der Waals surface area contributed by atoms with Crippen LogP contribution < -0.4 is 15.0 Å². The van der Waals surface area contributed by atoms with Gasteiger partial charge in [0.15, 0.2) is 6.10 Å². The van der Waals surface area contributed by atoms with Crippen molar-refractivity contribution in [1.29, 1.82) is 0 Å². The highest BCUT2D eigenvalue weighted by atomic mass is 32.2. The highest BCUT2D eigenvalue weighted by molar-refractivity contribution is 8.00. The molecule has 0 bridgehead atoms. The van der Waals surface area contributed by atoms with Crippen LogP contribution in [0.4, 0.5) is 5.69 Å². The van der Waals surface area contributed by atoms with Crippen molar-refractivity contribution in [2.75, 3.05) is 23.7 Å². The molecule has 0 saturated carbocycles. The average Bonchev–Trinajstić information content (AvgIpc) is 2.80. The molecule has 0 fully saturated rings. The molecule has 3 aromatic rings. The second-order valence-corrected chi connectivity index (χ2v) is 8.22. The normalized spacial score (nSPS) is 15.4. The fraction of sp³-hybridized carbons (Fsp3) is 0.250. The van der Waals surface area contributed by atoms with Crippen LogP contribution >= 0.6 is 11.8 Å². The maximum absolute atomic E-state index is 13.1. The molecule has 30 heavy (non-hydrogen) atoms. The summed E-state index contributed by atoms with van der Waals surface area (Å²) >= 11 is 1.50. The van der Waals surface area contributed by atoms with Crippen LogP contribution in [0.2, 0.25) is 0 Å². The fourth-order valence-electron chi connectivity index (χ4n) is 3.45. The predicted molar refractivity (Wildman–Crippen MR) is 121 cm³/mol. The van der Waals surface area contributed by atoms with Crippen LogP contribution in [0.3, 0.4) is 0 Å². The minimum atomic E-state index is -0.707. The number of thioether (sulfide) groups is 1. The lowest BCUT2D eigenvalue weighted by Gasteiger charge is -2.34. The third kappa shape index (κ3) is 4.44. The van der Waals surface area contributed by atoms with E-state index in [0.717, 1.165) is 16.7 Å². The first-order valence-electron chi connectivity index (χ1n) is 10.1. The number of anilines is 1. The van der Waals surface area contributed by atoms with Crippen molar-refractivity contribution in [2.45, 2.75) is 24.3 Å². The minimum Gasteiger partial charge on any atom is -0.477 e. The van der Waals surface area contributed by atoms with Gasteiger partial charge < -0.3 is 15.0 Å². The minimum absolute atomic E-state index is 0.0443. The average molecular weight is 421 g/mol. The number of benzene rings is 3. The summed E-state index contributed by atoms with van der Waals surface area (Å²) in [7, 11) is 0. The monoisotopic (exact) mass is 420 g/mol. The molecule has 1 aliphatic rings. The first-order valence-corrected chi connectivity index (χ1v) is 11.1. The summed E-state index contributed by atoms with van der Waals surface area (Å²) in [6.45, 7) is 2.80. The Hall–Kier alpha value is -2.99. The van der Waals surface area contributed by atoms with Crippen LogP contribution in [0.25, 0.3) is 10.8 Å². The van der Waals surface area contributed by atoms with E-state index in [1.807, 2.05) is 43.3 Å². The topological polar surface area (TPSA) is 58.6 Å². The van der Waals surface area contributed by atoms with E-state index in [2.05, 4.69) is 29.6 Å². The molecule has 154 valence electrons. The summed E-state index contributed by atoms with van der Waals surface area (Å²) in [6.07, 6.45) is 0.140. The molecule has 1 N–H and O–H groups in total. The Kier molecular flexibility index (Phi) is 6.23. The summed E-state index contributed by atoms with van der Waals surface area (Å²) in [5.41, 5.74) is 0.709. The summed E-state index contributed by atoms with van der Waals surface area (Å²) in [6, 6.07) is 21.7. The second-order valence-electron chi connectivity index (χ2n) is 7.17. The van der Waals surface area contributed by atoms with E-state index in [0.29, 0.717) is 18.0 Å². The summed E-state index contributed by atoms with van der Waals surface area (Å²) in [5.74, 6) is 0.615. The lowest BCUT2D eigenvalue weighted by Crippen LogP contribution is -2.51. The Labute approximate surface area is 180 Å². The number of para-hydroxylation sites is 2. The largest absolute Gasteiger partial charge is 0.477 e. The van der Waals surface area contributed by atoms with E-state index in [1.165, 1.54) is 17.1 Å². The van der Waals surface area contributed by atoms with E-state index < -0.39 is 6.10 Å². The van der Waals surface area contributed by atoms with E-state index in [-0.39, 0.29) is 24.1 Å². The van der Waals surface area contributed by atoms with E-state index in [9.17, 15) is 9.59 Å². The number of hydrogen-bond donors (Lipinski definition) is 1. The molecule has 5 nitrogen and oxygen atoms in total. The van der Waals surface area contributed by atoms with Gasteiger partial charge >= 0.3 is 0 Å². The van der Waals surface area contributed by atoms with Crippen molar-refractivity contribution in [1.82, 2.24) is 5.32 Å². The summed E-state index contributed by atoms with van der Waals surface area (Å²) in [5, 5.41) is 5.19. The van der Waals surface area contributed by atoms with Crippen molar-refractivity contribution in [2.24, 2.45) is 0 Å². The molecule has 0 radical (unpaired) electrons. The third-order valence-corrected chi connectivity index (χ3v) is 5.98. The lowest BCUT2D eigenvalue weighted by atomic mass is 10.1. The number of nitrogens with one attached hydrogen (secondary N) is 1. The quantitative estimate of drug-likeness (QED) is 0.606. The first-order chi connectivity index (χ1) is 14.7. The molecule has 4 rings (SSSR count). The highest BCUT2D eigenvalue weighted by Gasteiger charge is 2.33. The number of ether oxygens (including phenoxy) is 1. The molecule has 1 aliphatic heterocycles. The lowest BCUT2D eigenvalue weighted by molar-refractivity contribution is -0.128. The molecule has 6 heteroatoms. The zero-order chi connectivity index (χ0) is 20.9. The van der Waals surface area contributed by atoms with E-state index >= 15 is 0 Å². The van der Waals surface area contributed by atoms with Gasteiger partial charge in [-0.15, -0.1) is 11.8 Å². The van der Waals surface area contributed by atoms with Crippen LogP contribution in [0.15, 0.2) is 71.6 Å². The van der Waals surface area contributed by atoms with Gasteiger partial charge in [0.25, 0.3) is 5.91 Å². The van der Waals surface area contributed by atoms with Crippen molar-refractivity contribution >= 4 is 40.0 Å². The molecule has 0 spiro atoms. The number of hydrogen-bond acceptors (Lipinski definition) is 4. The van der Waals surface area contributed by atoms with E-state index in [4.69, 9.17) is 4.74 Å². The van der Waals surface area contributed by atoms with Crippen molar-refractivity contribution in [3.8, 4) is 5.75 Å². The summed E-state index contributed by atoms with van der Waals surface area (Å²) < 4.78 is 5.87. The SMILES string of the molecule is CCCNC(=O)[C@@H]1CN(C(=O)CSc2ccc3ccccc3c2)c2ccccc2O1. The van der Waals surface area contributed by atoms with Crippen LogP contribution in [0.1, 0.15) is 13.3 Å². The van der Waals surface area contributed by atoms with Crippen LogP contribution in [0.5, 0.6) is 5.75 Å². The Morgan fingerprint density at radius 1 is 1.07 bits per heavy atom. The maximum Gasteiger partial charge on any atom is 0.262 e. The molecule has 1 atom stereocenters. The zero-order valence-corrected chi connectivity index (χ0v) is 17.7. The number of amides is 2. The molecule has 0 aromatic heterocycles. The number of nitrogens with zero attached hydrogens (tertiary/aromatic N) is 1. The third-order valence-electron chi connectivity index (χ3n) is 5.00. The van der Waals surface area contributed by atoms with Gasteiger partial charge in [-0.3, -0.25) is 9.59 Å². The molecule has 0 aliphatic carbocycles. The number of fused-ring (bicyclic) bond motifs is 2. The second kappa shape index (κ2) is 9.22. The number of rotatable bonds is 6. The smallest absolute Gasteiger partial charge is 0.262 e. The van der Waals surface area contributed by atoms with Gasteiger partial charge in [0.1, 0.15) is 5.75 Å². The first kappa shape index (κ1) is 20.3. The van der Waals surface area contributed by atoms with Crippen molar-refractivity contribution < 1.29 is 14.3 Å². The molecular weight excluding hydrogens is 396 g/mol.